The third kappa shape index (κ3) is 4.39. The van der Waals surface area contributed by atoms with Crippen molar-refractivity contribution in [3.05, 3.63) is 83.3 Å². The van der Waals surface area contributed by atoms with E-state index in [1.807, 2.05) is 6.20 Å². The summed E-state index contributed by atoms with van der Waals surface area (Å²) in [5, 5.41) is 2.50. The number of hydrogen-bond acceptors (Lipinski definition) is 1. The van der Waals surface area contributed by atoms with Crippen LogP contribution in [-0.4, -0.2) is 4.98 Å². The summed E-state index contributed by atoms with van der Waals surface area (Å²) >= 11 is 0. The van der Waals surface area contributed by atoms with E-state index in [0.717, 1.165) is 12.1 Å². The van der Waals surface area contributed by atoms with Crippen LogP contribution in [0.25, 0.3) is 33.2 Å². The van der Waals surface area contributed by atoms with Gasteiger partial charge in [0.1, 0.15) is 7.05 Å². The number of pyridine rings is 2. The molecule has 2 heterocycles. The first kappa shape index (κ1) is 21.2. The standard InChI is InChI=1S/C29H33N2/c1-19-13-20(2)21(3)26(14-19)28-15-27-23(18-31(28)7)9-8-10-25(27)22-11-12-24(30-17-22)16-29(4,5)6/h8-15,17-18H,16H2,1-7H3/q+1. The molecule has 0 fully saturated rings. The van der Waals surface area contributed by atoms with Crippen molar-refractivity contribution < 1.29 is 4.57 Å². The van der Waals surface area contributed by atoms with Crippen LogP contribution in [-0.2, 0) is 13.5 Å². The maximum absolute atomic E-state index is 4.78. The third-order valence-corrected chi connectivity index (χ3v) is 6.07. The molecule has 0 aliphatic heterocycles. The molecule has 2 heteroatoms. The topological polar surface area (TPSA) is 16.8 Å². The van der Waals surface area contributed by atoms with E-state index in [1.165, 1.54) is 49.8 Å². The fourth-order valence-corrected chi connectivity index (χ4v) is 4.43. The summed E-state index contributed by atoms with van der Waals surface area (Å²) in [5.41, 5.74) is 10.3. The average Bonchev–Trinajstić information content (AvgIpc) is 2.69. The van der Waals surface area contributed by atoms with Crippen molar-refractivity contribution in [1.29, 1.82) is 0 Å². The van der Waals surface area contributed by atoms with E-state index in [0.29, 0.717) is 0 Å². The van der Waals surface area contributed by atoms with E-state index in [-0.39, 0.29) is 5.41 Å². The molecule has 0 spiro atoms. The summed E-state index contributed by atoms with van der Waals surface area (Å²) in [6.07, 6.45) is 5.26. The van der Waals surface area contributed by atoms with Crippen LogP contribution in [0, 0.1) is 26.2 Å². The molecule has 0 amide bonds. The number of rotatable bonds is 3. The summed E-state index contributed by atoms with van der Waals surface area (Å²) in [7, 11) is 2.14. The Hall–Kier alpha value is -3.00. The van der Waals surface area contributed by atoms with Crippen molar-refractivity contribution in [2.75, 3.05) is 0 Å². The Bertz CT molecular complexity index is 1260. The molecule has 4 rings (SSSR count). The first-order valence-corrected chi connectivity index (χ1v) is 11.1. The molecule has 0 radical (unpaired) electrons. The molecule has 4 aromatic rings. The molecular weight excluding hydrogens is 376 g/mol. The van der Waals surface area contributed by atoms with Gasteiger partial charge < -0.3 is 0 Å². The molecule has 0 bridgehead atoms. The van der Waals surface area contributed by atoms with E-state index in [2.05, 4.69) is 108 Å². The summed E-state index contributed by atoms with van der Waals surface area (Å²) < 4.78 is 2.25. The van der Waals surface area contributed by atoms with Gasteiger partial charge in [0, 0.05) is 39.9 Å². The van der Waals surface area contributed by atoms with Crippen molar-refractivity contribution in [1.82, 2.24) is 4.98 Å². The highest BCUT2D eigenvalue weighted by atomic mass is 14.9. The highest BCUT2D eigenvalue weighted by molar-refractivity contribution is 5.97. The molecule has 0 aliphatic carbocycles. The lowest BCUT2D eigenvalue weighted by atomic mass is 9.90. The second-order valence-corrected chi connectivity index (χ2v) is 10.1. The first-order valence-electron chi connectivity index (χ1n) is 11.1. The van der Waals surface area contributed by atoms with E-state index >= 15 is 0 Å². The zero-order valence-electron chi connectivity index (χ0n) is 19.9. The van der Waals surface area contributed by atoms with Crippen LogP contribution in [0.15, 0.2) is 60.9 Å². The largest absolute Gasteiger partial charge is 0.261 e. The summed E-state index contributed by atoms with van der Waals surface area (Å²) in [6.45, 7) is 13.4. The lowest BCUT2D eigenvalue weighted by molar-refractivity contribution is -0.659. The molecular formula is C29H33N2+. The molecule has 2 aromatic heterocycles. The van der Waals surface area contributed by atoms with Gasteiger partial charge in [-0.05, 0) is 67.5 Å². The van der Waals surface area contributed by atoms with Crippen LogP contribution in [0.5, 0.6) is 0 Å². The van der Waals surface area contributed by atoms with Gasteiger partial charge in [-0.3, -0.25) is 4.98 Å². The predicted octanol–water partition coefficient (Wildman–Crippen LogP) is 6.91. The average molecular weight is 410 g/mol. The smallest absolute Gasteiger partial charge is 0.213 e. The molecule has 2 nitrogen and oxygen atoms in total. The number of aromatic nitrogens is 2. The van der Waals surface area contributed by atoms with Gasteiger partial charge in [0.25, 0.3) is 0 Å². The van der Waals surface area contributed by atoms with Crippen LogP contribution >= 0.6 is 0 Å². The SMILES string of the molecule is Cc1cc(C)c(C)c(-c2cc3c(-c4ccc(CC(C)(C)C)nc4)cccc3c[n+]2C)c1. The zero-order chi connectivity index (χ0) is 22.3. The predicted molar refractivity (Wildman–Crippen MR) is 131 cm³/mol. The Morgan fingerprint density at radius 1 is 0.903 bits per heavy atom. The fraction of sp³-hybridized carbons (Fsp3) is 0.310. The minimum absolute atomic E-state index is 0.238. The van der Waals surface area contributed by atoms with Gasteiger partial charge >= 0.3 is 0 Å². The van der Waals surface area contributed by atoms with Crippen LogP contribution in [0.4, 0.5) is 0 Å². The van der Waals surface area contributed by atoms with Crippen LogP contribution < -0.4 is 4.57 Å². The summed E-state index contributed by atoms with van der Waals surface area (Å²) in [6, 6.07) is 17.8. The van der Waals surface area contributed by atoms with Crippen molar-refractivity contribution in [3.63, 3.8) is 0 Å². The van der Waals surface area contributed by atoms with Crippen molar-refractivity contribution >= 4 is 10.8 Å². The van der Waals surface area contributed by atoms with Gasteiger partial charge in [0.2, 0.25) is 5.69 Å². The van der Waals surface area contributed by atoms with E-state index < -0.39 is 0 Å². The molecule has 0 atom stereocenters. The third-order valence-electron chi connectivity index (χ3n) is 6.07. The number of nitrogens with zero attached hydrogens (tertiary/aromatic N) is 2. The Morgan fingerprint density at radius 2 is 1.68 bits per heavy atom. The van der Waals surface area contributed by atoms with Crippen molar-refractivity contribution in [2.45, 2.75) is 48.0 Å². The molecule has 31 heavy (non-hydrogen) atoms. The van der Waals surface area contributed by atoms with Gasteiger partial charge in [-0.15, -0.1) is 0 Å². The van der Waals surface area contributed by atoms with E-state index in [9.17, 15) is 0 Å². The number of fused-ring (bicyclic) bond motifs is 1. The lowest BCUT2D eigenvalue weighted by Gasteiger charge is -2.17. The molecule has 0 aliphatic rings. The lowest BCUT2D eigenvalue weighted by Crippen LogP contribution is -2.30. The number of hydrogen-bond donors (Lipinski definition) is 0. The Kier molecular flexibility index (Phi) is 5.43. The second-order valence-electron chi connectivity index (χ2n) is 10.1. The van der Waals surface area contributed by atoms with E-state index in [1.54, 1.807) is 0 Å². The first-order chi connectivity index (χ1) is 14.6. The molecule has 0 N–H and O–H groups in total. The summed E-state index contributed by atoms with van der Waals surface area (Å²) in [4.78, 5) is 4.78. The minimum atomic E-state index is 0.238. The van der Waals surface area contributed by atoms with Crippen molar-refractivity contribution in [3.8, 4) is 22.4 Å². The molecule has 0 unspecified atom stereocenters. The Labute approximate surface area is 186 Å². The molecule has 2 aromatic carbocycles. The number of aryl methyl sites for hydroxylation is 3. The quantitative estimate of drug-likeness (QED) is 0.336. The highest BCUT2D eigenvalue weighted by Gasteiger charge is 2.18. The summed E-state index contributed by atoms with van der Waals surface area (Å²) in [5.74, 6) is 0. The van der Waals surface area contributed by atoms with Gasteiger partial charge in [-0.25, -0.2) is 4.57 Å². The zero-order valence-corrected chi connectivity index (χ0v) is 19.9. The van der Waals surface area contributed by atoms with Gasteiger partial charge in [-0.1, -0.05) is 50.6 Å². The second kappa shape index (κ2) is 7.92. The maximum Gasteiger partial charge on any atom is 0.213 e. The monoisotopic (exact) mass is 409 g/mol. The molecule has 0 saturated heterocycles. The van der Waals surface area contributed by atoms with Gasteiger partial charge in [0.05, 0.1) is 0 Å². The highest BCUT2D eigenvalue weighted by Crippen LogP contribution is 2.32. The fourth-order valence-electron chi connectivity index (χ4n) is 4.43. The van der Waals surface area contributed by atoms with Crippen molar-refractivity contribution in [2.24, 2.45) is 12.5 Å². The normalized spacial score (nSPS) is 11.8. The van der Waals surface area contributed by atoms with Crippen LogP contribution in [0.2, 0.25) is 0 Å². The Balaban J connectivity index is 1.86. The minimum Gasteiger partial charge on any atom is -0.261 e. The van der Waals surface area contributed by atoms with Crippen LogP contribution in [0.1, 0.15) is 43.2 Å². The van der Waals surface area contributed by atoms with E-state index in [4.69, 9.17) is 4.98 Å². The van der Waals surface area contributed by atoms with Gasteiger partial charge in [-0.2, -0.15) is 0 Å². The molecule has 158 valence electrons. The maximum atomic E-state index is 4.78. The Morgan fingerprint density at radius 3 is 2.35 bits per heavy atom. The van der Waals surface area contributed by atoms with Crippen LogP contribution in [0.3, 0.4) is 0 Å². The number of benzene rings is 2. The molecule has 0 saturated carbocycles. The van der Waals surface area contributed by atoms with Gasteiger partial charge in [0.15, 0.2) is 6.20 Å².